The molecule has 0 aliphatic carbocycles. The van der Waals surface area contributed by atoms with Crippen molar-refractivity contribution in [2.75, 3.05) is 38.6 Å². The molecule has 0 unspecified atom stereocenters. The summed E-state index contributed by atoms with van der Waals surface area (Å²) in [7, 11) is 1.64. The molecule has 1 saturated heterocycles. The molecule has 2 N–H and O–H groups in total. The monoisotopic (exact) mass is 319 g/mol. The van der Waals surface area contributed by atoms with Crippen molar-refractivity contribution in [2.45, 2.75) is 38.6 Å². The number of piperidine rings is 1. The van der Waals surface area contributed by atoms with Crippen LogP contribution in [0.2, 0.25) is 0 Å². The van der Waals surface area contributed by atoms with Gasteiger partial charge in [-0.2, -0.15) is 0 Å². The van der Waals surface area contributed by atoms with Gasteiger partial charge in [0.25, 0.3) is 0 Å². The molecular formula is C18H29N3O2. The second-order valence-corrected chi connectivity index (χ2v) is 6.03. The fourth-order valence-electron chi connectivity index (χ4n) is 2.91. The molecule has 0 bridgehead atoms. The molecule has 1 aromatic carbocycles. The smallest absolute Gasteiger partial charge is 0.242 e. The van der Waals surface area contributed by atoms with Crippen LogP contribution >= 0.6 is 0 Å². The fraction of sp³-hybridized carbons (Fsp3) is 0.611. The van der Waals surface area contributed by atoms with Crippen LogP contribution in [0.5, 0.6) is 5.75 Å². The quantitative estimate of drug-likeness (QED) is 0.773. The van der Waals surface area contributed by atoms with E-state index in [-0.39, 0.29) is 11.9 Å². The average Bonchev–Trinajstić information content (AvgIpc) is 2.60. The van der Waals surface area contributed by atoms with E-state index in [1.54, 1.807) is 7.11 Å². The van der Waals surface area contributed by atoms with Crippen molar-refractivity contribution in [3.8, 4) is 5.75 Å². The van der Waals surface area contributed by atoms with Crippen LogP contribution in [0, 0.1) is 0 Å². The lowest BCUT2D eigenvalue weighted by molar-refractivity contribution is -0.121. The van der Waals surface area contributed by atoms with Crippen molar-refractivity contribution >= 4 is 11.6 Å². The van der Waals surface area contributed by atoms with Gasteiger partial charge in [-0.05, 0) is 44.5 Å². The summed E-state index contributed by atoms with van der Waals surface area (Å²) in [4.78, 5) is 14.8. The maximum atomic E-state index is 12.4. The Bertz CT molecular complexity index is 487. The summed E-state index contributed by atoms with van der Waals surface area (Å²) >= 11 is 0. The normalized spacial score (nSPS) is 16.6. The van der Waals surface area contributed by atoms with Crippen LogP contribution in [0.25, 0.3) is 0 Å². The number of amides is 1. The maximum absolute atomic E-state index is 12.4. The van der Waals surface area contributed by atoms with E-state index in [2.05, 4.69) is 15.5 Å². The van der Waals surface area contributed by atoms with Crippen molar-refractivity contribution in [2.24, 2.45) is 0 Å². The average molecular weight is 319 g/mol. The van der Waals surface area contributed by atoms with Crippen molar-refractivity contribution in [1.82, 2.24) is 10.2 Å². The van der Waals surface area contributed by atoms with Gasteiger partial charge in [-0.3, -0.25) is 4.79 Å². The number of rotatable bonds is 8. The maximum Gasteiger partial charge on any atom is 0.242 e. The van der Waals surface area contributed by atoms with E-state index in [4.69, 9.17) is 4.74 Å². The van der Waals surface area contributed by atoms with E-state index < -0.39 is 0 Å². The lowest BCUT2D eigenvalue weighted by atomic mass is 10.1. The molecule has 1 aromatic rings. The zero-order valence-electron chi connectivity index (χ0n) is 14.3. The Morgan fingerprint density at radius 2 is 2.09 bits per heavy atom. The van der Waals surface area contributed by atoms with Gasteiger partial charge in [0.15, 0.2) is 0 Å². The minimum atomic E-state index is -0.219. The van der Waals surface area contributed by atoms with Crippen LogP contribution < -0.4 is 15.4 Å². The highest BCUT2D eigenvalue weighted by Crippen LogP contribution is 2.18. The van der Waals surface area contributed by atoms with E-state index in [1.807, 2.05) is 31.2 Å². The molecule has 0 saturated carbocycles. The summed E-state index contributed by atoms with van der Waals surface area (Å²) < 4.78 is 5.22. The van der Waals surface area contributed by atoms with Crippen molar-refractivity contribution in [1.29, 1.82) is 0 Å². The number of nitrogens with zero attached hydrogens (tertiary/aromatic N) is 1. The number of carbonyl (C=O) groups is 1. The van der Waals surface area contributed by atoms with Crippen molar-refractivity contribution in [3.63, 3.8) is 0 Å². The molecule has 0 spiro atoms. The van der Waals surface area contributed by atoms with Crippen LogP contribution in [0.15, 0.2) is 24.3 Å². The van der Waals surface area contributed by atoms with E-state index in [9.17, 15) is 4.79 Å². The molecule has 1 fully saturated rings. The first-order valence-electron chi connectivity index (χ1n) is 8.63. The third-order valence-electron chi connectivity index (χ3n) is 4.31. The minimum absolute atomic E-state index is 0.0623. The van der Waals surface area contributed by atoms with Gasteiger partial charge in [-0.25, -0.2) is 0 Å². The summed E-state index contributed by atoms with van der Waals surface area (Å²) in [6.07, 6.45) is 4.64. The number of methoxy groups -OCH3 is 1. The number of anilines is 1. The molecule has 1 aliphatic rings. The van der Waals surface area contributed by atoms with Crippen LogP contribution in [0.4, 0.5) is 5.69 Å². The second kappa shape index (κ2) is 9.40. The molecule has 1 aliphatic heterocycles. The summed E-state index contributed by atoms with van der Waals surface area (Å²) in [5.41, 5.74) is 0.905. The first-order valence-corrected chi connectivity index (χ1v) is 8.63. The molecular weight excluding hydrogens is 290 g/mol. The molecule has 23 heavy (non-hydrogen) atoms. The third-order valence-corrected chi connectivity index (χ3v) is 4.31. The summed E-state index contributed by atoms with van der Waals surface area (Å²) in [6.45, 7) is 6.00. The summed E-state index contributed by atoms with van der Waals surface area (Å²) in [5, 5.41) is 6.34. The Labute approximate surface area is 139 Å². The van der Waals surface area contributed by atoms with Crippen LogP contribution in [0.3, 0.4) is 0 Å². The third kappa shape index (κ3) is 5.75. The Hall–Kier alpha value is -1.75. The topological polar surface area (TPSA) is 53.6 Å². The van der Waals surface area contributed by atoms with Gasteiger partial charge in [-0.15, -0.1) is 0 Å². The van der Waals surface area contributed by atoms with Gasteiger partial charge >= 0.3 is 0 Å². The largest absolute Gasteiger partial charge is 0.497 e. The highest BCUT2D eigenvalue weighted by molar-refractivity contribution is 5.84. The van der Waals surface area contributed by atoms with Gasteiger partial charge in [0, 0.05) is 24.8 Å². The minimum Gasteiger partial charge on any atom is -0.497 e. The Balaban J connectivity index is 1.78. The first-order chi connectivity index (χ1) is 11.2. The zero-order chi connectivity index (χ0) is 16.5. The standard InChI is InChI=1S/C18H29N3O2/c1-3-17(20-15-8-7-9-16(14-15)23-2)18(22)19-10-13-21-11-5-4-6-12-21/h7-9,14,17,20H,3-6,10-13H2,1-2H3,(H,19,22)/t17-/m1/s1. The Kier molecular flexibility index (Phi) is 7.20. The van der Waals surface area contributed by atoms with Gasteiger partial charge in [0.1, 0.15) is 11.8 Å². The van der Waals surface area contributed by atoms with Gasteiger partial charge < -0.3 is 20.3 Å². The van der Waals surface area contributed by atoms with Crippen LogP contribution in [-0.4, -0.2) is 50.1 Å². The van der Waals surface area contributed by atoms with Crippen LogP contribution in [0.1, 0.15) is 32.6 Å². The molecule has 128 valence electrons. The lowest BCUT2D eigenvalue weighted by Crippen LogP contribution is -2.43. The van der Waals surface area contributed by atoms with Gasteiger partial charge in [0.2, 0.25) is 5.91 Å². The Morgan fingerprint density at radius 3 is 2.78 bits per heavy atom. The molecule has 1 atom stereocenters. The van der Waals surface area contributed by atoms with Gasteiger partial charge in [0.05, 0.1) is 7.11 Å². The molecule has 1 heterocycles. The van der Waals surface area contributed by atoms with Crippen LogP contribution in [-0.2, 0) is 4.79 Å². The van der Waals surface area contributed by atoms with E-state index in [0.29, 0.717) is 0 Å². The van der Waals surface area contributed by atoms with Crippen molar-refractivity contribution < 1.29 is 9.53 Å². The number of ether oxygens (including phenoxy) is 1. The summed E-state index contributed by atoms with van der Waals surface area (Å²) in [5.74, 6) is 0.850. The predicted molar refractivity (Wildman–Crippen MR) is 94.0 cm³/mol. The second-order valence-electron chi connectivity index (χ2n) is 6.03. The lowest BCUT2D eigenvalue weighted by Gasteiger charge is -2.26. The number of hydrogen-bond acceptors (Lipinski definition) is 4. The molecule has 0 aromatic heterocycles. The predicted octanol–water partition coefficient (Wildman–Crippen LogP) is 2.49. The first kappa shape index (κ1) is 17.6. The van der Waals surface area contributed by atoms with Crippen molar-refractivity contribution in [3.05, 3.63) is 24.3 Å². The van der Waals surface area contributed by atoms with E-state index >= 15 is 0 Å². The number of hydrogen-bond donors (Lipinski definition) is 2. The molecule has 0 radical (unpaired) electrons. The molecule has 1 amide bonds. The molecule has 5 heteroatoms. The van der Waals surface area contributed by atoms with Gasteiger partial charge in [-0.1, -0.05) is 19.4 Å². The highest BCUT2D eigenvalue weighted by Gasteiger charge is 2.16. The number of nitrogens with one attached hydrogen (secondary N) is 2. The number of benzene rings is 1. The molecule has 5 nitrogen and oxygen atoms in total. The van der Waals surface area contributed by atoms with E-state index in [0.717, 1.165) is 44.0 Å². The number of likely N-dealkylation sites (tertiary alicyclic amines) is 1. The number of carbonyl (C=O) groups excluding carboxylic acids is 1. The zero-order valence-corrected chi connectivity index (χ0v) is 14.3. The van der Waals surface area contributed by atoms with E-state index in [1.165, 1.54) is 19.3 Å². The fourth-order valence-corrected chi connectivity index (χ4v) is 2.91. The summed E-state index contributed by atoms with van der Waals surface area (Å²) in [6, 6.07) is 7.45. The Morgan fingerprint density at radius 1 is 1.30 bits per heavy atom. The molecule has 2 rings (SSSR count). The highest BCUT2D eigenvalue weighted by atomic mass is 16.5. The SMILES string of the molecule is CC[C@@H](Nc1cccc(OC)c1)C(=O)NCCN1CCCCC1.